The molecule has 0 unspecified atom stereocenters. The normalized spacial score (nSPS) is 11.5. The summed E-state index contributed by atoms with van der Waals surface area (Å²) in [5, 5.41) is 0. The van der Waals surface area contributed by atoms with Crippen molar-refractivity contribution in [3.8, 4) is 0 Å². The van der Waals surface area contributed by atoms with Gasteiger partial charge >= 0.3 is 62.1 Å². The Hall–Kier alpha value is 1.59. The summed E-state index contributed by atoms with van der Waals surface area (Å²) in [5.74, 6) is 0. The van der Waals surface area contributed by atoms with Gasteiger partial charge in [0, 0.05) is 12.1 Å². The van der Waals surface area contributed by atoms with Gasteiger partial charge in [-0.3, -0.25) is 0 Å². The second-order valence-electron chi connectivity index (χ2n) is 2.03. The number of hydrogen-bond donors (Lipinski definition) is 0. The summed E-state index contributed by atoms with van der Waals surface area (Å²) in [6.45, 7) is 3.18. The molecule has 0 amide bonds. The molecule has 0 aliphatic rings. The van der Waals surface area contributed by atoms with Gasteiger partial charge in [-0.2, -0.15) is 0 Å². The summed E-state index contributed by atoms with van der Waals surface area (Å²) >= 11 is 13.1. The Bertz CT molecular complexity index is 218. The molecule has 0 saturated carbocycles. The van der Waals surface area contributed by atoms with Crippen LogP contribution < -0.4 is 4.57 Å². The molecule has 77 valence electrons. The summed E-state index contributed by atoms with van der Waals surface area (Å²) in [6, 6.07) is 6.08. The first-order valence-corrected chi connectivity index (χ1v) is 15.1. The summed E-state index contributed by atoms with van der Waals surface area (Å²) in [6.07, 6.45) is 4.11. The Morgan fingerprint density at radius 2 is 1.38 bits per heavy atom. The van der Waals surface area contributed by atoms with Crippen LogP contribution in [0.15, 0.2) is 30.6 Å². The van der Waals surface area contributed by atoms with Crippen LogP contribution in [0, 0.1) is 0 Å². The van der Waals surface area contributed by atoms with E-state index in [0.29, 0.717) is 0 Å². The van der Waals surface area contributed by atoms with Crippen LogP contribution in [0.3, 0.4) is 0 Å². The summed E-state index contributed by atoms with van der Waals surface area (Å²) in [4.78, 5) is 0. The van der Waals surface area contributed by atoms with Crippen LogP contribution in [-0.4, -0.2) is 0 Å². The van der Waals surface area contributed by atoms with Crippen molar-refractivity contribution in [3.05, 3.63) is 30.6 Å². The van der Waals surface area contributed by atoms with E-state index in [9.17, 15) is 0 Å². The third-order valence-electron chi connectivity index (χ3n) is 1.14. The van der Waals surface area contributed by atoms with Gasteiger partial charge in [0.15, 0.2) is 12.4 Å². The number of nitrogens with zero attached hydrogens (tertiary/aromatic N) is 1. The van der Waals surface area contributed by atoms with Crippen molar-refractivity contribution in [1.82, 2.24) is 0 Å². The first-order valence-electron chi connectivity index (χ1n) is 3.44. The molecule has 1 nitrogen and oxygen atoms in total. The maximum absolute atomic E-state index is 3.27. The van der Waals surface area contributed by atoms with Crippen molar-refractivity contribution in [3.63, 3.8) is 0 Å². The molecule has 0 aliphatic carbocycles. The third kappa shape index (κ3) is 13.6. The number of pyridine rings is 1. The van der Waals surface area contributed by atoms with Gasteiger partial charge in [-0.1, -0.05) is 6.07 Å². The molecule has 0 radical (unpaired) electrons. The SMILES string of the molecule is CC[n+]1ccccc1.[Br][Mn]([Br])([Br])[Br]. The minimum atomic E-state index is -1.38. The number of aryl methyl sites for hydroxylation is 1. The van der Waals surface area contributed by atoms with E-state index in [-0.39, 0.29) is 0 Å². The van der Waals surface area contributed by atoms with E-state index in [1.165, 1.54) is 0 Å². The van der Waals surface area contributed by atoms with Gasteiger partial charge in [-0.25, -0.2) is 4.57 Å². The Balaban J connectivity index is 0.000000252. The predicted octanol–water partition coefficient (Wildman–Crippen LogP) is 4.37. The fourth-order valence-electron chi connectivity index (χ4n) is 0.645. The Morgan fingerprint density at radius 3 is 1.62 bits per heavy atom. The number of rotatable bonds is 1. The minimum absolute atomic E-state index is 1.06. The number of hydrogen-bond acceptors (Lipinski definition) is 0. The van der Waals surface area contributed by atoms with E-state index in [1.54, 1.807) is 0 Å². The van der Waals surface area contributed by atoms with Crippen molar-refractivity contribution in [1.29, 1.82) is 0 Å². The van der Waals surface area contributed by atoms with E-state index < -0.39 is 5.61 Å². The monoisotopic (exact) mass is 479 g/mol. The fourth-order valence-corrected chi connectivity index (χ4v) is 0.645. The quantitative estimate of drug-likeness (QED) is 0.413. The average Bonchev–Trinajstić information content (AvgIpc) is 2.03. The van der Waals surface area contributed by atoms with Gasteiger partial charge in [0.05, 0.1) is 0 Å². The number of aromatic nitrogens is 1. The molecule has 0 fully saturated rings. The zero-order valence-electron chi connectivity index (χ0n) is 6.93. The van der Waals surface area contributed by atoms with Crippen LogP contribution in [0.5, 0.6) is 0 Å². The maximum atomic E-state index is 3.27. The van der Waals surface area contributed by atoms with Gasteiger partial charge in [0.2, 0.25) is 0 Å². The molecule has 1 heterocycles. The molecule has 1 rings (SSSR count). The van der Waals surface area contributed by atoms with Gasteiger partial charge in [-0.05, 0) is 6.92 Å². The standard InChI is InChI=1S/C7H10N.4BrH.Mn/c1-2-8-6-4-3-5-7-8;;;;;/h3-7H,2H2,1H3;4*1H;/q+1;;;;;+4/p-4. The predicted molar refractivity (Wildman–Crippen MR) is 68.0 cm³/mol. The van der Waals surface area contributed by atoms with Crippen molar-refractivity contribution in [2.24, 2.45) is 0 Å². The number of halogens is 4. The zero-order valence-corrected chi connectivity index (χ0v) is 14.5. The molecule has 1 aromatic rings. The van der Waals surface area contributed by atoms with Crippen LogP contribution in [0.4, 0.5) is 0 Å². The zero-order chi connectivity index (χ0) is 10.3. The molecule has 0 saturated heterocycles. The molecule has 0 aliphatic heterocycles. The van der Waals surface area contributed by atoms with Crippen molar-refractivity contribution >= 4 is 56.4 Å². The van der Waals surface area contributed by atoms with Gasteiger partial charge in [-0.15, -0.1) is 0 Å². The fraction of sp³-hybridized carbons (Fsp3) is 0.286. The van der Waals surface area contributed by atoms with E-state index in [4.69, 9.17) is 0 Å². The average molecular weight is 483 g/mol. The molecular weight excluding hydrogens is 473 g/mol. The van der Waals surface area contributed by atoms with E-state index >= 15 is 0 Å². The van der Waals surface area contributed by atoms with Crippen LogP contribution in [0.2, 0.25) is 0 Å². The first kappa shape index (κ1) is 14.6. The van der Waals surface area contributed by atoms with Crippen molar-refractivity contribution < 1.29 is 10.2 Å². The summed E-state index contributed by atoms with van der Waals surface area (Å²) in [7, 11) is 0. The molecule has 0 aromatic carbocycles. The summed E-state index contributed by atoms with van der Waals surface area (Å²) < 4.78 is 2.12. The van der Waals surface area contributed by atoms with Gasteiger partial charge in [0.25, 0.3) is 0 Å². The molecule has 0 bridgehead atoms. The first-order chi connectivity index (χ1) is 5.93. The second-order valence-corrected chi connectivity index (χ2v) is 37.8. The summed E-state index contributed by atoms with van der Waals surface area (Å²) in [5.41, 5.74) is -1.38. The molecule has 0 spiro atoms. The van der Waals surface area contributed by atoms with Crippen molar-refractivity contribution in [2.45, 2.75) is 13.5 Å². The van der Waals surface area contributed by atoms with Gasteiger partial charge in [0.1, 0.15) is 6.54 Å². The van der Waals surface area contributed by atoms with E-state index in [2.05, 4.69) is 80.3 Å². The Kier molecular flexibility index (Phi) is 8.78. The molecule has 1 aromatic heterocycles. The Labute approximate surface area is 109 Å². The molecule has 13 heavy (non-hydrogen) atoms. The molecule has 0 N–H and O–H groups in total. The molecule has 6 heteroatoms. The van der Waals surface area contributed by atoms with Gasteiger partial charge < -0.3 is 0 Å². The van der Waals surface area contributed by atoms with Crippen molar-refractivity contribution in [2.75, 3.05) is 0 Å². The third-order valence-corrected chi connectivity index (χ3v) is 1.14. The molecular formula is C7H10Br4MnN+. The second kappa shape index (κ2) is 7.83. The van der Waals surface area contributed by atoms with Crippen LogP contribution >= 0.6 is 56.4 Å². The molecule has 0 atom stereocenters. The van der Waals surface area contributed by atoms with Crippen LogP contribution in [0.1, 0.15) is 6.92 Å². The van der Waals surface area contributed by atoms with Crippen LogP contribution in [-0.2, 0) is 12.2 Å². The topological polar surface area (TPSA) is 3.88 Å². The van der Waals surface area contributed by atoms with E-state index in [0.717, 1.165) is 6.54 Å². The Morgan fingerprint density at radius 1 is 1.00 bits per heavy atom. The van der Waals surface area contributed by atoms with E-state index in [1.807, 2.05) is 18.2 Å². The van der Waals surface area contributed by atoms with Crippen LogP contribution in [0.25, 0.3) is 0 Å².